The van der Waals surface area contributed by atoms with Crippen LogP contribution in [-0.2, 0) is 23.9 Å². The van der Waals surface area contributed by atoms with Gasteiger partial charge in [0, 0.05) is 19.2 Å². The van der Waals surface area contributed by atoms with E-state index in [1.165, 1.54) is 11.8 Å². The van der Waals surface area contributed by atoms with Crippen molar-refractivity contribution < 1.29 is 53.6 Å². The molecule has 36 heavy (non-hydrogen) atoms. The number of nitrogens with zero attached hydrogens (tertiary/aromatic N) is 3. The van der Waals surface area contributed by atoms with Crippen LogP contribution in [0.4, 0.5) is 10.5 Å². The molecule has 0 saturated carbocycles. The van der Waals surface area contributed by atoms with E-state index >= 15 is 0 Å². The number of amides is 1. The van der Waals surface area contributed by atoms with Crippen molar-refractivity contribution in [2.24, 2.45) is 0 Å². The molecule has 0 aromatic heterocycles. The van der Waals surface area contributed by atoms with Gasteiger partial charge in [-0.25, -0.2) is 14.4 Å². The third-order valence-electron chi connectivity index (χ3n) is 4.46. The molecule has 0 aliphatic heterocycles. The largest absolute Gasteiger partial charge is 0.514 e. The second-order valence-corrected chi connectivity index (χ2v) is 6.72. The fourth-order valence-electron chi connectivity index (χ4n) is 2.72. The van der Waals surface area contributed by atoms with Gasteiger partial charge in [-0.3, -0.25) is 14.9 Å². The molecule has 1 aromatic carbocycles. The van der Waals surface area contributed by atoms with Crippen LogP contribution in [0, 0.1) is 21.4 Å². The monoisotopic (exact) mass is 509 g/mol. The molecule has 0 aliphatic carbocycles. The molecule has 1 amide bonds. The van der Waals surface area contributed by atoms with Gasteiger partial charge in [-0.1, -0.05) is 0 Å². The number of benzene rings is 1. The number of hydrogen-bond acceptors (Lipinski definition) is 12. The van der Waals surface area contributed by atoms with Gasteiger partial charge in [-0.05, 0) is 38.5 Å². The third kappa shape index (κ3) is 7.40. The highest BCUT2D eigenvalue weighted by atomic mass is 16.7. The number of esters is 1. The van der Waals surface area contributed by atoms with Gasteiger partial charge in [0.05, 0.1) is 11.5 Å². The third-order valence-corrected chi connectivity index (χ3v) is 4.46. The van der Waals surface area contributed by atoms with E-state index in [1.54, 1.807) is 19.9 Å². The van der Waals surface area contributed by atoms with Crippen molar-refractivity contribution in [3.8, 4) is 17.6 Å². The van der Waals surface area contributed by atoms with E-state index in [9.17, 15) is 44.8 Å². The van der Waals surface area contributed by atoms with Crippen molar-refractivity contribution in [2.75, 3.05) is 19.7 Å². The number of aromatic hydroxyl groups is 1. The molecule has 2 unspecified atom stereocenters. The number of phenolic OH excluding ortho intramolecular Hbond substituents is 1. The first kappa shape index (κ1) is 29.3. The molecule has 0 aliphatic rings. The summed E-state index contributed by atoms with van der Waals surface area (Å²) in [6.45, 7) is 4.99. The number of phenols is 1. The van der Waals surface area contributed by atoms with Gasteiger partial charge in [-0.15, -0.1) is 0 Å². The predicted octanol–water partition coefficient (Wildman–Crippen LogP) is 0.968. The zero-order valence-corrected chi connectivity index (χ0v) is 19.4. The fourth-order valence-corrected chi connectivity index (χ4v) is 2.72. The lowest BCUT2D eigenvalue weighted by atomic mass is 10.1. The minimum atomic E-state index is -2.54. The normalized spacial score (nSPS) is 12.5. The van der Waals surface area contributed by atoms with Crippen molar-refractivity contribution in [1.82, 2.24) is 4.90 Å². The average Bonchev–Trinajstić information content (AvgIpc) is 2.82. The molecular formula is C21H23N3O12. The van der Waals surface area contributed by atoms with Gasteiger partial charge in [0.1, 0.15) is 11.6 Å². The van der Waals surface area contributed by atoms with Crippen molar-refractivity contribution in [3.63, 3.8) is 0 Å². The van der Waals surface area contributed by atoms with Gasteiger partial charge in [0.2, 0.25) is 11.9 Å². The van der Waals surface area contributed by atoms with Crippen LogP contribution >= 0.6 is 0 Å². The van der Waals surface area contributed by atoms with Gasteiger partial charge in [0.25, 0.3) is 5.91 Å². The van der Waals surface area contributed by atoms with Crippen molar-refractivity contribution in [1.29, 1.82) is 5.26 Å². The standard InChI is InChI=1S/C21H23N3O12/c1-4-23(5-2)18(27)12(10-22)7-11-8-13(24(32)33)15(25)14(9-11)35-21(31)36-17(16(26)19(28)29)20(30)34-6-3/h7-9,16-17,25-26H,4-6H2,1-3H3,(H,28,29). The Bertz CT molecular complexity index is 1100. The molecule has 15 heteroatoms. The summed E-state index contributed by atoms with van der Waals surface area (Å²) in [6.07, 6.45) is -5.79. The minimum Gasteiger partial charge on any atom is -0.499 e. The van der Waals surface area contributed by atoms with Crippen molar-refractivity contribution in [2.45, 2.75) is 33.0 Å². The molecule has 0 radical (unpaired) electrons. The number of aliphatic hydroxyl groups excluding tert-OH is 1. The summed E-state index contributed by atoms with van der Waals surface area (Å²) in [5, 5.41) is 49.4. The van der Waals surface area contributed by atoms with Crippen LogP contribution in [0.2, 0.25) is 0 Å². The first-order valence-electron chi connectivity index (χ1n) is 10.3. The number of nitriles is 1. The summed E-state index contributed by atoms with van der Waals surface area (Å²) in [7, 11) is 0. The summed E-state index contributed by atoms with van der Waals surface area (Å²) >= 11 is 0. The van der Waals surface area contributed by atoms with Crippen LogP contribution < -0.4 is 4.74 Å². The van der Waals surface area contributed by atoms with E-state index in [1.807, 2.05) is 0 Å². The van der Waals surface area contributed by atoms with Gasteiger partial charge in [0.15, 0.2) is 11.9 Å². The molecule has 15 nitrogen and oxygen atoms in total. The number of carbonyl (C=O) groups is 4. The highest BCUT2D eigenvalue weighted by Crippen LogP contribution is 2.38. The molecule has 0 saturated heterocycles. The Morgan fingerprint density at radius 1 is 1.22 bits per heavy atom. The van der Waals surface area contributed by atoms with E-state index in [0.717, 1.165) is 18.2 Å². The Morgan fingerprint density at radius 2 is 1.83 bits per heavy atom. The van der Waals surface area contributed by atoms with Crippen molar-refractivity contribution >= 4 is 35.8 Å². The van der Waals surface area contributed by atoms with E-state index in [2.05, 4.69) is 9.47 Å². The number of carboxylic acids is 1. The highest BCUT2D eigenvalue weighted by molar-refractivity contribution is 6.01. The molecule has 194 valence electrons. The topological polar surface area (TPSA) is 227 Å². The zero-order valence-electron chi connectivity index (χ0n) is 19.4. The molecule has 0 spiro atoms. The van der Waals surface area contributed by atoms with Crippen LogP contribution in [0.3, 0.4) is 0 Å². The number of carboxylic acid groups (broad SMARTS) is 1. The predicted molar refractivity (Wildman–Crippen MR) is 117 cm³/mol. The summed E-state index contributed by atoms with van der Waals surface area (Å²) in [5.41, 5.74) is -1.60. The Labute approximate surface area is 203 Å². The first-order valence-corrected chi connectivity index (χ1v) is 10.3. The molecule has 3 N–H and O–H groups in total. The first-order chi connectivity index (χ1) is 16.9. The van der Waals surface area contributed by atoms with Crippen LogP contribution in [0.1, 0.15) is 26.3 Å². The number of nitro benzene ring substituents is 1. The number of aliphatic carboxylic acids is 1. The van der Waals surface area contributed by atoms with Crippen LogP contribution in [0.5, 0.6) is 11.5 Å². The van der Waals surface area contributed by atoms with E-state index in [-0.39, 0.29) is 25.3 Å². The van der Waals surface area contributed by atoms with Gasteiger partial charge in [-0.2, -0.15) is 5.26 Å². The van der Waals surface area contributed by atoms with Crippen LogP contribution in [-0.4, -0.2) is 81.0 Å². The molecule has 1 aromatic rings. The molecule has 0 fully saturated rings. The summed E-state index contributed by atoms with van der Waals surface area (Å²) in [5.74, 6) is -6.09. The van der Waals surface area contributed by atoms with Gasteiger partial charge >= 0.3 is 23.8 Å². The minimum absolute atomic E-state index is 0.202. The Kier molecular flexibility index (Phi) is 10.8. The maximum absolute atomic E-state index is 12.5. The highest BCUT2D eigenvalue weighted by Gasteiger charge is 2.38. The second-order valence-electron chi connectivity index (χ2n) is 6.72. The van der Waals surface area contributed by atoms with Gasteiger partial charge < -0.3 is 34.4 Å². The number of nitro groups is 1. The lowest BCUT2D eigenvalue weighted by molar-refractivity contribution is -0.385. The van der Waals surface area contributed by atoms with E-state index < -0.39 is 63.9 Å². The quantitative estimate of drug-likeness (QED) is 0.0944. The summed E-state index contributed by atoms with van der Waals surface area (Å²) in [4.78, 5) is 59.2. The second kappa shape index (κ2) is 13.2. The lowest BCUT2D eigenvalue weighted by Crippen LogP contribution is -2.44. The zero-order chi connectivity index (χ0) is 27.6. The fraction of sp³-hybridized carbons (Fsp3) is 0.381. The summed E-state index contributed by atoms with van der Waals surface area (Å²) < 4.78 is 13.7. The van der Waals surface area contributed by atoms with E-state index in [4.69, 9.17) is 9.84 Å². The number of hydrogen-bond donors (Lipinski definition) is 3. The smallest absolute Gasteiger partial charge is 0.499 e. The lowest BCUT2D eigenvalue weighted by Gasteiger charge is -2.18. The Morgan fingerprint density at radius 3 is 2.31 bits per heavy atom. The average molecular weight is 509 g/mol. The van der Waals surface area contributed by atoms with Crippen LogP contribution in [0.15, 0.2) is 17.7 Å². The number of carbonyl (C=O) groups excluding carboxylic acids is 3. The molecule has 1 rings (SSSR count). The Balaban J connectivity index is 3.42. The maximum atomic E-state index is 12.5. The number of ether oxygens (including phenoxy) is 3. The molecular weight excluding hydrogens is 486 g/mol. The molecule has 2 atom stereocenters. The Hall–Kier alpha value is -4.71. The number of rotatable bonds is 11. The van der Waals surface area contributed by atoms with Crippen molar-refractivity contribution in [3.05, 3.63) is 33.4 Å². The maximum Gasteiger partial charge on any atom is 0.514 e. The summed E-state index contributed by atoms with van der Waals surface area (Å²) in [6, 6.07) is 3.32. The molecule has 0 heterocycles. The van der Waals surface area contributed by atoms with Crippen LogP contribution in [0.25, 0.3) is 6.08 Å². The SMILES string of the molecule is CCOC(=O)C(OC(=O)Oc1cc(C=C(C#N)C(=O)N(CC)CC)cc([N+](=O)[O-])c1O)C(O)C(=O)O. The number of aliphatic hydroxyl groups is 1. The van der Waals surface area contributed by atoms with E-state index in [0.29, 0.717) is 0 Å². The molecule has 0 bridgehead atoms. The number of likely N-dealkylation sites (N-methyl/N-ethyl adjacent to an activating group) is 1.